The number of carbonyl (C=O) groups is 2. The van der Waals surface area contributed by atoms with Crippen molar-refractivity contribution in [2.45, 2.75) is 44.8 Å². The molecule has 0 aromatic rings. The summed E-state index contributed by atoms with van der Waals surface area (Å²) in [7, 11) is 1.68. The topological polar surface area (TPSA) is 61.9 Å². The van der Waals surface area contributed by atoms with E-state index in [-0.39, 0.29) is 23.5 Å². The lowest BCUT2D eigenvalue weighted by Crippen LogP contribution is -2.73. The van der Waals surface area contributed by atoms with E-state index in [0.29, 0.717) is 32.0 Å². The van der Waals surface area contributed by atoms with Crippen LogP contribution in [0.15, 0.2) is 0 Å². The Morgan fingerprint density at radius 2 is 1.96 bits per heavy atom. The quantitative estimate of drug-likeness (QED) is 0.799. The summed E-state index contributed by atoms with van der Waals surface area (Å²) in [4.78, 5) is 28.4. The zero-order chi connectivity index (χ0) is 16.6. The molecule has 23 heavy (non-hydrogen) atoms. The van der Waals surface area contributed by atoms with Gasteiger partial charge in [-0.2, -0.15) is 0 Å². The van der Waals surface area contributed by atoms with Crippen LogP contribution in [-0.2, 0) is 14.3 Å². The van der Waals surface area contributed by atoms with Crippen LogP contribution >= 0.6 is 0 Å². The fourth-order valence-electron chi connectivity index (χ4n) is 3.61. The molecule has 1 N–H and O–H groups in total. The summed E-state index contributed by atoms with van der Waals surface area (Å²) in [6.45, 7) is 7.63. The van der Waals surface area contributed by atoms with E-state index in [2.05, 4.69) is 24.1 Å². The van der Waals surface area contributed by atoms with E-state index in [0.717, 1.165) is 19.0 Å². The number of hydrogen-bond donors (Lipinski definition) is 1. The predicted octanol–water partition coefficient (Wildman–Crippen LogP) is 0.470. The van der Waals surface area contributed by atoms with Crippen molar-refractivity contribution in [1.29, 1.82) is 0 Å². The second-order valence-electron chi connectivity index (χ2n) is 7.84. The van der Waals surface area contributed by atoms with Crippen molar-refractivity contribution in [3.8, 4) is 0 Å². The molecule has 6 heteroatoms. The molecule has 1 saturated carbocycles. The van der Waals surface area contributed by atoms with Crippen molar-refractivity contribution < 1.29 is 14.3 Å². The monoisotopic (exact) mass is 323 g/mol. The van der Waals surface area contributed by atoms with Crippen molar-refractivity contribution in [2.24, 2.45) is 11.8 Å². The fraction of sp³-hybridized carbons (Fsp3) is 0.882. The van der Waals surface area contributed by atoms with E-state index in [1.807, 2.05) is 4.90 Å². The Morgan fingerprint density at radius 3 is 2.52 bits per heavy atom. The summed E-state index contributed by atoms with van der Waals surface area (Å²) in [6, 6.07) is -0.188. The second-order valence-corrected chi connectivity index (χ2v) is 7.84. The summed E-state index contributed by atoms with van der Waals surface area (Å²) < 4.78 is 6.06. The molecule has 0 radical (unpaired) electrons. The molecule has 3 rings (SSSR count). The number of rotatable bonds is 5. The molecule has 2 amide bonds. The van der Waals surface area contributed by atoms with Gasteiger partial charge in [-0.15, -0.1) is 0 Å². The Hall–Kier alpha value is -1.14. The van der Waals surface area contributed by atoms with Gasteiger partial charge in [0.05, 0.1) is 19.7 Å². The lowest BCUT2D eigenvalue weighted by molar-refractivity contribution is -0.204. The van der Waals surface area contributed by atoms with Gasteiger partial charge in [-0.05, 0) is 24.7 Å². The molecule has 1 aliphatic carbocycles. The van der Waals surface area contributed by atoms with Gasteiger partial charge < -0.3 is 15.0 Å². The number of nitrogens with one attached hydrogen (secondary N) is 1. The van der Waals surface area contributed by atoms with Crippen molar-refractivity contribution in [2.75, 3.05) is 39.8 Å². The van der Waals surface area contributed by atoms with Gasteiger partial charge >= 0.3 is 0 Å². The number of ether oxygens (including phenoxy) is 1. The lowest BCUT2D eigenvalue weighted by Gasteiger charge is -2.55. The maximum absolute atomic E-state index is 12.1. The number of likely N-dealkylation sites (N-methyl/N-ethyl adjacent to an activating group) is 1. The van der Waals surface area contributed by atoms with Crippen LogP contribution in [0, 0.1) is 11.8 Å². The molecule has 6 nitrogen and oxygen atoms in total. The Kier molecular flexibility index (Phi) is 4.65. The smallest absolute Gasteiger partial charge is 0.239 e. The first kappa shape index (κ1) is 16.7. The summed E-state index contributed by atoms with van der Waals surface area (Å²) in [5.74, 6) is 1.37. The Balaban J connectivity index is 1.58. The first-order chi connectivity index (χ1) is 10.9. The van der Waals surface area contributed by atoms with Crippen LogP contribution in [0.2, 0.25) is 0 Å². The van der Waals surface area contributed by atoms with Gasteiger partial charge in [-0.25, -0.2) is 0 Å². The molecule has 1 spiro atoms. The molecule has 0 bridgehead atoms. The average molecular weight is 323 g/mol. The normalized spacial score (nSPS) is 27.1. The van der Waals surface area contributed by atoms with Gasteiger partial charge in [0.15, 0.2) is 0 Å². The Labute approximate surface area is 138 Å². The minimum absolute atomic E-state index is 0.0348. The summed E-state index contributed by atoms with van der Waals surface area (Å²) in [5.41, 5.74) is -0.258. The van der Waals surface area contributed by atoms with Gasteiger partial charge in [-0.1, -0.05) is 13.8 Å². The van der Waals surface area contributed by atoms with Gasteiger partial charge in [0.25, 0.3) is 0 Å². The van der Waals surface area contributed by atoms with Crippen LogP contribution in [0.25, 0.3) is 0 Å². The van der Waals surface area contributed by atoms with Crippen LogP contribution in [-0.4, -0.2) is 73.1 Å². The average Bonchev–Trinajstić information content (AvgIpc) is 3.27. The SMILES string of the molecule is CNC(=O)[C@@H]1COC2(CN(C(=O)CC(C)C)C2)CN1CC1CC1. The van der Waals surface area contributed by atoms with Crippen LogP contribution in [0.3, 0.4) is 0 Å². The molecular weight excluding hydrogens is 294 g/mol. The van der Waals surface area contributed by atoms with Crippen LogP contribution < -0.4 is 5.32 Å². The number of amides is 2. The van der Waals surface area contributed by atoms with Crippen LogP contribution in [0.5, 0.6) is 0 Å². The third kappa shape index (κ3) is 3.69. The highest BCUT2D eigenvalue weighted by Crippen LogP contribution is 2.36. The maximum Gasteiger partial charge on any atom is 0.239 e. The molecule has 0 aromatic carbocycles. The highest BCUT2D eigenvalue weighted by molar-refractivity contribution is 5.82. The van der Waals surface area contributed by atoms with Crippen molar-refractivity contribution in [3.05, 3.63) is 0 Å². The van der Waals surface area contributed by atoms with E-state index >= 15 is 0 Å². The number of hydrogen-bond acceptors (Lipinski definition) is 4. The third-order valence-corrected chi connectivity index (χ3v) is 5.11. The first-order valence-electron chi connectivity index (χ1n) is 8.80. The van der Waals surface area contributed by atoms with Crippen LogP contribution in [0.4, 0.5) is 0 Å². The molecule has 2 heterocycles. The number of likely N-dealkylation sites (tertiary alicyclic amines) is 1. The fourth-order valence-corrected chi connectivity index (χ4v) is 3.61. The minimum Gasteiger partial charge on any atom is -0.368 e. The van der Waals surface area contributed by atoms with E-state index in [4.69, 9.17) is 4.74 Å². The Bertz CT molecular complexity index is 470. The first-order valence-corrected chi connectivity index (χ1v) is 8.80. The van der Waals surface area contributed by atoms with Crippen molar-refractivity contribution >= 4 is 11.8 Å². The van der Waals surface area contributed by atoms with Gasteiger partial charge in [0, 0.05) is 26.6 Å². The van der Waals surface area contributed by atoms with Gasteiger partial charge in [0.1, 0.15) is 11.6 Å². The highest BCUT2D eigenvalue weighted by Gasteiger charge is 2.52. The Morgan fingerprint density at radius 1 is 1.26 bits per heavy atom. The molecule has 0 aromatic heterocycles. The van der Waals surface area contributed by atoms with Gasteiger partial charge in [0.2, 0.25) is 11.8 Å². The molecular formula is C17H29N3O3. The standard InChI is InChI=1S/C17H29N3O3/c1-12(2)6-15(21)20-10-17(11-20)9-19(7-13-4-5-13)14(8-23-17)16(22)18-3/h12-14H,4-11H2,1-3H3,(H,18,22)/t14-/m0/s1. The highest BCUT2D eigenvalue weighted by atomic mass is 16.5. The minimum atomic E-state index is -0.258. The molecule has 2 saturated heterocycles. The van der Waals surface area contributed by atoms with E-state index in [9.17, 15) is 9.59 Å². The van der Waals surface area contributed by atoms with Crippen LogP contribution in [0.1, 0.15) is 33.1 Å². The van der Waals surface area contributed by atoms with Crippen molar-refractivity contribution in [1.82, 2.24) is 15.1 Å². The summed E-state index contributed by atoms with van der Waals surface area (Å²) in [5, 5.41) is 2.75. The number of nitrogens with zero attached hydrogens (tertiary/aromatic N) is 2. The maximum atomic E-state index is 12.1. The molecule has 1 atom stereocenters. The zero-order valence-electron chi connectivity index (χ0n) is 14.5. The molecule has 3 aliphatic rings. The molecule has 2 aliphatic heterocycles. The summed E-state index contributed by atoms with van der Waals surface area (Å²) in [6.07, 6.45) is 3.14. The largest absolute Gasteiger partial charge is 0.368 e. The predicted molar refractivity (Wildman–Crippen MR) is 86.9 cm³/mol. The van der Waals surface area contributed by atoms with E-state index in [1.54, 1.807) is 7.05 Å². The lowest BCUT2D eigenvalue weighted by atomic mass is 9.89. The number of carbonyl (C=O) groups excluding carboxylic acids is 2. The van der Waals surface area contributed by atoms with Crippen molar-refractivity contribution in [3.63, 3.8) is 0 Å². The molecule has 0 unspecified atom stereocenters. The zero-order valence-corrected chi connectivity index (χ0v) is 14.5. The summed E-state index contributed by atoms with van der Waals surface area (Å²) >= 11 is 0. The third-order valence-electron chi connectivity index (χ3n) is 5.11. The van der Waals surface area contributed by atoms with E-state index < -0.39 is 0 Å². The molecule has 130 valence electrons. The second kappa shape index (κ2) is 6.40. The van der Waals surface area contributed by atoms with E-state index in [1.165, 1.54) is 12.8 Å². The molecule has 3 fully saturated rings. The number of morpholine rings is 1. The van der Waals surface area contributed by atoms with Gasteiger partial charge in [-0.3, -0.25) is 14.5 Å².